The summed E-state index contributed by atoms with van der Waals surface area (Å²) in [6.45, 7) is 3.40. The normalized spacial score (nSPS) is 10.9. The van der Waals surface area contributed by atoms with Crippen molar-refractivity contribution in [3.63, 3.8) is 0 Å². The lowest BCUT2D eigenvalue weighted by atomic mass is 10.1. The van der Waals surface area contributed by atoms with E-state index in [1.807, 2.05) is 6.07 Å². The Bertz CT molecular complexity index is 1020. The Kier molecular flexibility index (Phi) is 8.72. The minimum Gasteiger partial charge on any atom is -0.479 e. The van der Waals surface area contributed by atoms with Gasteiger partial charge in [-0.1, -0.05) is 29.3 Å². The van der Waals surface area contributed by atoms with Crippen LogP contribution in [0.4, 0.5) is 5.69 Å². The summed E-state index contributed by atoms with van der Waals surface area (Å²) < 4.78 is 10.6. The van der Waals surface area contributed by atoms with Crippen LogP contribution in [0.15, 0.2) is 40.4 Å². The van der Waals surface area contributed by atoms with Crippen LogP contribution >= 0.6 is 39.1 Å². The Hall–Kier alpha value is -2.53. The molecule has 0 aliphatic heterocycles. The van der Waals surface area contributed by atoms with Gasteiger partial charge >= 0.3 is 5.97 Å². The first-order valence-electron chi connectivity index (χ1n) is 8.72. The van der Waals surface area contributed by atoms with Gasteiger partial charge in [0.05, 0.1) is 16.1 Å². The van der Waals surface area contributed by atoms with Crippen molar-refractivity contribution < 1.29 is 19.1 Å². The summed E-state index contributed by atoms with van der Waals surface area (Å²) in [4.78, 5) is 24.0. The average Bonchev–Trinajstić information content (AvgIpc) is 2.69. The highest BCUT2D eigenvalue weighted by atomic mass is 79.9. The number of nitrogens with one attached hydrogen (secondary N) is 1. The van der Waals surface area contributed by atoms with Gasteiger partial charge in [-0.15, -0.1) is 0 Å². The Morgan fingerprint density at radius 2 is 2.00 bits per heavy atom. The van der Waals surface area contributed by atoms with Crippen LogP contribution in [0.2, 0.25) is 10.0 Å². The third kappa shape index (κ3) is 6.23. The molecule has 156 valence electrons. The molecule has 0 saturated carbocycles. The second kappa shape index (κ2) is 11.0. The van der Waals surface area contributed by atoms with E-state index in [9.17, 15) is 14.9 Å². The number of ether oxygens (including phenoxy) is 2. The van der Waals surface area contributed by atoms with Crippen LogP contribution in [0.3, 0.4) is 0 Å². The number of hydrogen-bond donors (Lipinski definition) is 1. The second-order valence-corrected chi connectivity index (χ2v) is 7.61. The fraction of sp³-hybridized carbons (Fsp3) is 0.190. The minimum absolute atomic E-state index is 0.127. The molecule has 0 bridgehead atoms. The van der Waals surface area contributed by atoms with Gasteiger partial charge in [0.2, 0.25) is 0 Å². The summed E-state index contributed by atoms with van der Waals surface area (Å²) in [5.41, 5.74) is 1.57. The zero-order valence-electron chi connectivity index (χ0n) is 16.1. The molecule has 0 saturated heterocycles. The van der Waals surface area contributed by atoms with Crippen LogP contribution in [0.25, 0.3) is 6.08 Å². The van der Waals surface area contributed by atoms with E-state index in [1.165, 1.54) is 12.1 Å². The Labute approximate surface area is 192 Å². The topological polar surface area (TPSA) is 88.4 Å². The maximum absolute atomic E-state index is 12.5. The molecule has 6 nitrogen and oxygen atoms in total. The summed E-state index contributed by atoms with van der Waals surface area (Å²) in [6, 6.07) is 10.1. The number of hydrogen-bond acceptors (Lipinski definition) is 5. The van der Waals surface area contributed by atoms with E-state index in [1.54, 1.807) is 38.1 Å². The third-order valence-electron chi connectivity index (χ3n) is 3.85. The highest BCUT2D eigenvalue weighted by Gasteiger charge is 2.15. The van der Waals surface area contributed by atoms with E-state index in [4.69, 9.17) is 32.7 Å². The van der Waals surface area contributed by atoms with Gasteiger partial charge in [-0.05, 0) is 71.2 Å². The summed E-state index contributed by atoms with van der Waals surface area (Å²) >= 11 is 15.6. The first-order valence-corrected chi connectivity index (χ1v) is 10.3. The fourth-order valence-corrected chi connectivity index (χ4v) is 3.55. The summed E-state index contributed by atoms with van der Waals surface area (Å²) in [7, 11) is 0. The number of amides is 1. The van der Waals surface area contributed by atoms with E-state index < -0.39 is 11.9 Å². The molecule has 1 N–H and O–H groups in total. The lowest BCUT2D eigenvalue weighted by Crippen LogP contribution is -2.15. The monoisotopic (exact) mass is 510 g/mol. The minimum atomic E-state index is -0.585. The first-order chi connectivity index (χ1) is 14.3. The van der Waals surface area contributed by atoms with Crippen molar-refractivity contribution in [2.24, 2.45) is 0 Å². The Morgan fingerprint density at radius 3 is 2.63 bits per heavy atom. The predicted molar refractivity (Wildman–Crippen MR) is 120 cm³/mol. The molecule has 0 aromatic heterocycles. The standard InChI is InChI=1S/C21H17BrCl2N2O4/c1-3-29-19(27)11-30-20-15(22)8-13(9-17(20)24)7-14(10-25)21(28)26-18-6-4-5-16(23)12(18)2/h4-9H,3,11H2,1-2H3,(H,26,28)/b14-7-. The molecule has 0 atom stereocenters. The maximum atomic E-state index is 12.5. The van der Waals surface area contributed by atoms with Crippen molar-refractivity contribution in [3.05, 3.63) is 61.5 Å². The average molecular weight is 512 g/mol. The number of nitrogens with zero attached hydrogens (tertiary/aromatic N) is 1. The highest BCUT2D eigenvalue weighted by molar-refractivity contribution is 9.10. The van der Waals surface area contributed by atoms with Crippen LogP contribution in [0.1, 0.15) is 18.1 Å². The Morgan fingerprint density at radius 1 is 1.27 bits per heavy atom. The molecule has 9 heteroatoms. The van der Waals surface area contributed by atoms with Crippen molar-refractivity contribution in [1.82, 2.24) is 0 Å². The molecule has 0 fully saturated rings. The van der Waals surface area contributed by atoms with Gasteiger partial charge in [0.25, 0.3) is 5.91 Å². The molecule has 0 heterocycles. The van der Waals surface area contributed by atoms with Gasteiger partial charge < -0.3 is 14.8 Å². The largest absolute Gasteiger partial charge is 0.479 e. The van der Waals surface area contributed by atoms with E-state index in [0.717, 1.165) is 0 Å². The second-order valence-electron chi connectivity index (χ2n) is 5.94. The molecule has 0 unspecified atom stereocenters. The lowest BCUT2D eigenvalue weighted by molar-refractivity contribution is -0.145. The van der Waals surface area contributed by atoms with Gasteiger partial charge in [0.1, 0.15) is 11.6 Å². The number of carbonyl (C=O) groups excluding carboxylic acids is 2. The van der Waals surface area contributed by atoms with Crippen molar-refractivity contribution in [2.45, 2.75) is 13.8 Å². The summed E-state index contributed by atoms with van der Waals surface area (Å²) in [5.74, 6) is -0.860. The fourth-order valence-electron chi connectivity index (χ4n) is 2.38. The smallest absolute Gasteiger partial charge is 0.344 e. The van der Waals surface area contributed by atoms with Gasteiger partial charge in [0, 0.05) is 10.7 Å². The molecule has 0 radical (unpaired) electrons. The molecular formula is C21H17BrCl2N2O4. The van der Waals surface area contributed by atoms with Crippen LogP contribution in [-0.2, 0) is 14.3 Å². The molecule has 30 heavy (non-hydrogen) atoms. The van der Waals surface area contributed by atoms with E-state index in [0.29, 0.717) is 26.3 Å². The van der Waals surface area contributed by atoms with Gasteiger partial charge in [-0.3, -0.25) is 4.79 Å². The van der Waals surface area contributed by atoms with E-state index >= 15 is 0 Å². The van der Waals surface area contributed by atoms with Gasteiger partial charge in [0.15, 0.2) is 12.4 Å². The number of anilines is 1. The quantitative estimate of drug-likeness (QED) is 0.299. The summed E-state index contributed by atoms with van der Waals surface area (Å²) in [5, 5.41) is 12.8. The number of carbonyl (C=O) groups is 2. The zero-order valence-corrected chi connectivity index (χ0v) is 19.2. The number of halogens is 3. The highest BCUT2D eigenvalue weighted by Crippen LogP contribution is 2.35. The van der Waals surface area contributed by atoms with Crippen molar-refractivity contribution in [1.29, 1.82) is 5.26 Å². The van der Waals surface area contributed by atoms with Crippen LogP contribution in [0, 0.1) is 18.3 Å². The van der Waals surface area contributed by atoms with E-state index in [-0.39, 0.29) is 29.6 Å². The predicted octanol–water partition coefficient (Wildman–Crippen LogP) is 5.55. The van der Waals surface area contributed by atoms with Crippen molar-refractivity contribution in [3.8, 4) is 11.8 Å². The molecule has 0 aliphatic carbocycles. The molecule has 0 spiro atoms. The number of benzene rings is 2. The molecule has 2 aromatic carbocycles. The summed E-state index contributed by atoms with van der Waals surface area (Å²) in [6.07, 6.45) is 1.39. The molecule has 0 aliphatic rings. The number of rotatable bonds is 7. The third-order valence-corrected chi connectivity index (χ3v) is 5.13. The van der Waals surface area contributed by atoms with Crippen LogP contribution in [-0.4, -0.2) is 25.1 Å². The molecule has 2 aromatic rings. The Balaban J connectivity index is 2.22. The lowest BCUT2D eigenvalue weighted by Gasteiger charge is -2.11. The maximum Gasteiger partial charge on any atom is 0.344 e. The molecule has 1 amide bonds. The number of nitriles is 1. The zero-order chi connectivity index (χ0) is 22.3. The van der Waals surface area contributed by atoms with Gasteiger partial charge in [-0.2, -0.15) is 5.26 Å². The van der Waals surface area contributed by atoms with Crippen LogP contribution in [0.5, 0.6) is 5.75 Å². The van der Waals surface area contributed by atoms with Gasteiger partial charge in [-0.25, -0.2) is 4.79 Å². The van der Waals surface area contributed by atoms with Crippen molar-refractivity contribution >= 4 is 62.8 Å². The molecule has 2 rings (SSSR count). The van der Waals surface area contributed by atoms with Crippen molar-refractivity contribution in [2.75, 3.05) is 18.5 Å². The van der Waals surface area contributed by atoms with E-state index in [2.05, 4.69) is 21.2 Å². The SMILES string of the molecule is CCOC(=O)COc1c(Cl)cc(/C=C(/C#N)C(=O)Nc2cccc(Cl)c2C)cc1Br. The van der Waals surface area contributed by atoms with Crippen LogP contribution < -0.4 is 10.1 Å². The first kappa shape index (κ1) is 23.7. The molecular weight excluding hydrogens is 495 g/mol. The number of esters is 1.